The van der Waals surface area contributed by atoms with Gasteiger partial charge in [-0.15, -0.1) is 0 Å². The number of halogens is 2. The van der Waals surface area contributed by atoms with Gasteiger partial charge in [0.1, 0.15) is 0 Å². The van der Waals surface area contributed by atoms with Gasteiger partial charge in [0.2, 0.25) is 0 Å². The highest BCUT2D eigenvalue weighted by atomic mass is 79.9. The predicted molar refractivity (Wildman–Crippen MR) is 67.1 cm³/mol. The van der Waals surface area contributed by atoms with Crippen molar-refractivity contribution in [3.8, 4) is 0 Å². The molecule has 1 aromatic rings. The molecule has 1 aliphatic rings. The number of anilines is 1. The highest BCUT2D eigenvalue weighted by Crippen LogP contribution is 2.30. The average Bonchev–Trinajstić information content (AvgIpc) is 2.66. The molecule has 0 aromatic carbocycles. The van der Waals surface area contributed by atoms with Gasteiger partial charge in [0, 0.05) is 23.3 Å². The lowest BCUT2D eigenvalue weighted by Gasteiger charge is -2.28. The zero-order valence-corrected chi connectivity index (χ0v) is 11.2. The van der Waals surface area contributed by atoms with E-state index in [-0.39, 0.29) is 5.82 Å². The highest BCUT2D eigenvalue weighted by Gasteiger charge is 2.29. The summed E-state index contributed by atoms with van der Waals surface area (Å²) in [4.78, 5) is 6.30. The first-order valence-corrected chi connectivity index (χ1v) is 6.46. The summed E-state index contributed by atoms with van der Waals surface area (Å²) >= 11 is 3.23. The summed E-state index contributed by atoms with van der Waals surface area (Å²) in [6.45, 7) is 5.27. The van der Waals surface area contributed by atoms with E-state index in [0.717, 1.165) is 19.4 Å². The second kappa shape index (κ2) is 4.70. The zero-order chi connectivity index (χ0) is 11.7. The number of rotatable bonds is 2. The van der Waals surface area contributed by atoms with E-state index in [1.54, 1.807) is 6.20 Å². The van der Waals surface area contributed by atoms with E-state index < -0.39 is 0 Å². The van der Waals surface area contributed by atoms with E-state index in [0.29, 0.717) is 22.3 Å². The molecule has 2 heterocycles. The predicted octanol–water partition coefficient (Wildman–Crippen LogP) is 3.61. The van der Waals surface area contributed by atoms with Crippen molar-refractivity contribution in [3.05, 3.63) is 22.6 Å². The lowest BCUT2D eigenvalue weighted by atomic mass is 10.0. The van der Waals surface area contributed by atoms with Crippen LogP contribution in [0.25, 0.3) is 0 Å². The van der Waals surface area contributed by atoms with E-state index in [9.17, 15) is 4.39 Å². The van der Waals surface area contributed by atoms with Crippen LogP contribution in [0.3, 0.4) is 0 Å². The molecular weight excluding hydrogens is 271 g/mol. The highest BCUT2D eigenvalue weighted by molar-refractivity contribution is 9.10. The average molecular weight is 287 g/mol. The van der Waals surface area contributed by atoms with Crippen molar-refractivity contribution in [2.75, 3.05) is 11.4 Å². The molecule has 0 aliphatic carbocycles. The third-order valence-electron chi connectivity index (χ3n) is 3.13. The van der Waals surface area contributed by atoms with Crippen LogP contribution >= 0.6 is 15.9 Å². The third-order valence-corrected chi connectivity index (χ3v) is 3.56. The normalized spacial score (nSPS) is 20.8. The van der Waals surface area contributed by atoms with Crippen LogP contribution in [0.1, 0.15) is 26.7 Å². The first-order chi connectivity index (χ1) is 7.59. The smallest absolute Gasteiger partial charge is 0.166 e. The zero-order valence-electron chi connectivity index (χ0n) is 9.58. The molecular formula is C12H16BrFN2. The first-order valence-electron chi connectivity index (χ1n) is 5.67. The van der Waals surface area contributed by atoms with Gasteiger partial charge in [-0.3, -0.25) is 0 Å². The van der Waals surface area contributed by atoms with Crippen molar-refractivity contribution >= 4 is 21.7 Å². The maximum atomic E-state index is 13.8. The second-order valence-electron chi connectivity index (χ2n) is 4.61. The maximum absolute atomic E-state index is 13.8. The molecule has 4 heteroatoms. The van der Waals surface area contributed by atoms with Gasteiger partial charge < -0.3 is 4.90 Å². The van der Waals surface area contributed by atoms with Crippen molar-refractivity contribution in [1.82, 2.24) is 4.98 Å². The summed E-state index contributed by atoms with van der Waals surface area (Å²) in [7, 11) is 0. The summed E-state index contributed by atoms with van der Waals surface area (Å²) < 4.78 is 14.5. The lowest BCUT2D eigenvalue weighted by molar-refractivity contribution is 0.482. The van der Waals surface area contributed by atoms with Crippen LogP contribution in [0.15, 0.2) is 16.7 Å². The number of hydrogen-bond donors (Lipinski definition) is 0. The Morgan fingerprint density at radius 3 is 2.94 bits per heavy atom. The monoisotopic (exact) mass is 286 g/mol. The molecule has 2 nitrogen and oxygen atoms in total. The van der Waals surface area contributed by atoms with Gasteiger partial charge in [0.05, 0.1) is 0 Å². The summed E-state index contributed by atoms with van der Waals surface area (Å²) in [5, 5.41) is 0. The van der Waals surface area contributed by atoms with E-state index in [2.05, 4.69) is 39.7 Å². The summed E-state index contributed by atoms with van der Waals surface area (Å²) in [5.41, 5.74) is 0. The molecule has 1 aromatic heterocycles. The molecule has 0 amide bonds. The Morgan fingerprint density at radius 2 is 2.31 bits per heavy atom. The van der Waals surface area contributed by atoms with Gasteiger partial charge in [0.25, 0.3) is 0 Å². The van der Waals surface area contributed by atoms with Crippen LogP contribution in [0.4, 0.5) is 10.2 Å². The molecule has 0 radical (unpaired) electrons. The van der Waals surface area contributed by atoms with E-state index >= 15 is 0 Å². The Bertz CT molecular complexity index is 381. The number of pyridine rings is 1. The topological polar surface area (TPSA) is 16.1 Å². The fourth-order valence-electron chi connectivity index (χ4n) is 2.37. The second-order valence-corrected chi connectivity index (χ2v) is 5.52. The SMILES string of the molecule is CC(C)C1CCCN1c1ncc(Br)cc1F. The van der Waals surface area contributed by atoms with Crippen LogP contribution in [0.2, 0.25) is 0 Å². The minimum atomic E-state index is -0.234. The fourth-order valence-corrected chi connectivity index (χ4v) is 2.67. The van der Waals surface area contributed by atoms with Crippen molar-refractivity contribution in [2.45, 2.75) is 32.7 Å². The van der Waals surface area contributed by atoms with Gasteiger partial charge in [-0.2, -0.15) is 0 Å². The Kier molecular flexibility index (Phi) is 3.47. The Labute approximate surface area is 104 Å². The third kappa shape index (κ3) is 2.21. The van der Waals surface area contributed by atoms with Crippen LogP contribution in [0, 0.1) is 11.7 Å². The minimum Gasteiger partial charge on any atom is -0.351 e. The molecule has 1 saturated heterocycles. The first kappa shape index (κ1) is 11.8. The standard InChI is InChI=1S/C12H16BrFN2/c1-8(2)11-4-3-5-16(11)12-10(14)6-9(13)7-15-12/h6-8,11H,3-5H2,1-2H3. The molecule has 88 valence electrons. The lowest BCUT2D eigenvalue weighted by Crippen LogP contribution is -2.34. The van der Waals surface area contributed by atoms with Crippen molar-refractivity contribution in [3.63, 3.8) is 0 Å². The molecule has 0 saturated carbocycles. The van der Waals surface area contributed by atoms with Crippen molar-refractivity contribution in [2.24, 2.45) is 5.92 Å². The van der Waals surface area contributed by atoms with E-state index in [1.165, 1.54) is 6.07 Å². The quantitative estimate of drug-likeness (QED) is 0.826. The van der Waals surface area contributed by atoms with Crippen LogP contribution in [0.5, 0.6) is 0 Å². The van der Waals surface area contributed by atoms with Gasteiger partial charge >= 0.3 is 0 Å². The minimum absolute atomic E-state index is 0.234. The molecule has 1 aliphatic heterocycles. The molecule has 0 bridgehead atoms. The summed E-state index contributed by atoms with van der Waals surface area (Å²) in [5.74, 6) is 0.800. The van der Waals surface area contributed by atoms with E-state index in [1.807, 2.05) is 0 Å². The van der Waals surface area contributed by atoms with Crippen molar-refractivity contribution < 1.29 is 4.39 Å². The fraction of sp³-hybridized carbons (Fsp3) is 0.583. The molecule has 0 N–H and O–H groups in total. The van der Waals surface area contributed by atoms with Crippen LogP contribution in [-0.2, 0) is 0 Å². The summed E-state index contributed by atoms with van der Waals surface area (Å²) in [6.07, 6.45) is 3.92. The van der Waals surface area contributed by atoms with Crippen LogP contribution in [-0.4, -0.2) is 17.6 Å². The van der Waals surface area contributed by atoms with Gasteiger partial charge in [0.15, 0.2) is 11.6 Å². The largest absolute Gasteiger partial charge is 0.351 e. The molecule has 1 atom stereocenters. The Hall–Kier alpha value is -0.640. The van der Waals surface area contributed by atoms with Gasteiger partial charge in [-0.05, 0) is 40.8 Å². The molecule has 16 heavy (non-hydrogen) atoms. The number of nitrogens with zero attached hydrogens (tertiary/aromatic N) is 2. The van der Waals surface area contributed by atoms with Crippen LogP contribution < -0.4 is 4.90 Å². The summed E-state index contributed by atoms with van der Waals surface area (Å²) in [6, 6.07) is 1.90. The molecule has 0 spiro atoms. The van der Waals surface area contributed by atoms with E-state index in [4.69, 9.17) is 0 Å². The Morgan fingerprint density at radius 1 is 1.56 bits per heavy atom. The molecule has 2 rings (SSSR count). The Balaban J connectivity index is 2.29. The number of aromatic nitrogens is 1. The van der Waals surface area contributed by atoms with Gasteiger partial charge in [-0.25, -0.2) is 9.37 Å². The number of hydrogen-bond acceptors (Lipinski definition) is 2. The maximum Gasteiger partial charge on any atom is 0.166 e. The van der Waals surface area contributed by atoms with Crippen molar-refractivity contribution in [1.29, 1.82) is 0 Å². The molecule has 1 unspecified atom stereocenters. The van der Waals surface area contributed by atoms with Gasteiger partial charge in [-0.1, -0.05) is 13.8 Å². The molecule has 1 fully saturated rings.